The van der Waals surface area contributed by atoms with Gasteiger partial charge in [0.15, 0.2) is 0 Å². The van der Waals surface area contributed by atoms with Crippen LogP contribution in [0.4, 0.5) is 19.5 Å². The van der Waals surface area contributed by atoms with Crippen molar-refractivity contribution in [2.75, 3.05) is 12.4 Å². The molecule has 182 valence electrons. The van der Waals surface area contributed by atoms with E-state index in [0.29, 0.717) is 45.0 Å². The summed E-state index contributed by atoms with van der Waals surface area (Å²) in [4.78, 5) is 30.8. The van der Waals surface area contributed by atoms with Gasteiger partial charge in [0.1, 0.15) is 5.75 Å². The molecule has 0 atom stereocenters. The molecule has 0 aliphatic rings. The largest absolute Gasteiger partial charge is 0.453 e. The van der Waals surface area contributed by atoms with Crippen LogP contribution in [0.5, 0.6) is 5.75 Å². The normalized spacial score (nSPS) is 11.2. The lowest BCUT2D eigenvalue weighted by Gasteiger charge is -2.13. The summed E-state index contributed by atoms with van der Waals surface area (Å²) in [6.07, 6.45) is -0.338. The van der Waals surface area contributed by atoms with Gasteiger partial charge in [-0.25, -0.2) is 14.9 Å². The summed E-state index contributed by atoms with van der Waals surface area (Å²) in [7, 11) is 1.24. The van der Waals surface area contributed by atoms with Gasteiger partial charge in [-0.2, -0.15) is 13.9 Å². The van der Waals surface area contributed by atoms with Crippen LogP contribution in [-0.2, 0) is 11.2 Å². The molecule has 5 rings (SSSR count). The van der Waals surface area contributed by atoms with Crippen molar-refractivity contribution >= 4 is 33.8 Å². The molecule has 0 radical (unpaired) electrons. The molecular formula is C25H19F2N5O4. The Morgan fingerprint density at radius 1 is 1.08 bits per heavy atom. The fourth-order valence-electron chi connectivity index (χ4n) is 3.99. The van der Waals surface area contributed by atoms with Gasteiger partial charge < -0.3 is 14.5 Å². The average Bonchev–Trinajstić information content (AvgIpc) is 3.27. The van der Waals surface area contributed by atoms with E-state index in [1.165, 1.54) is 13.2 Å². The molecule has 0 saturated carbocycles. The number of alkyl halides is 2. The van der Waals surface area contributed by atoms with Crippen molar-refractivity contribution in [1.29, 1.82) is 0 Å². The van der Waals surface area contributed by atoms with E-state index in [2.05, 4.69) is 30.2 Å². The highest BCUT2D eigenvalue weighted by Crippen LogP contribution is 2.34. The maximum Gasteiger partial charge on any atom is 0.413 e. The topological polar surface area (TPSA) is 122 Å². The first-order chi connectivity index (χ1) is 17.4. The minimum atomic E-state index is -3.01. The van der Waals surface area contributed by atoms with Gasteiger partial charge in [0.2, 0.25) is 5.95 Å². The van der Waals surface area contributed by atoms with Crippen LogP contribution in [0.3, 0.4) is 0 Å². The number of carbonyl (C=O) groups excluding carboxylic acids is 1. The highest BCUT2D eigenvalue weighted by atomic mass is 19.3. The number of anilines is 1. The van der Waals surface area contributed by atoms with E-state index in [0.717, 1.165) is 5.56 Å². The second kappa shape index (κ2) is 9.45. The van der Waals surface area contributed by atoms with Crippen LogP contribution in [0.1, 0.15) is 11.3 Å². The first kappa shape index (κ1) is 23.0. The summed E-state index contributed by atoms with van der Waals surface area (Å²) < 4.78 is 35.7. The zero-order valence-electron chi connectivity index (χ0n) is 18.8. The van der Waals surface area contributed by atoms with E-state index in [-0.39, 0.29) is 17.3 Å². The molecule has 0 fully saturated rings. The van der Waals surface area contributed by atoms with Crippen LogP contribution in [0.25, 0.3) is 32.9 Å². The maximum atomic E-state index is 13.2. The Labute approximate surface area is 202 Å². The van der Waals surface area contributed by atoms with E-state index >= 15 is 0 Å². The highest BCUT2D eigenvalue weighted by Gasteiger charge is 2.16. The number of aromatic nitrogens is 4. The lowest BCUT2D eigenvalue weighted by molar-refractivity contribution is -0.0494. The number of fused-ring (bicyclic) bond motifs is 2. The number of hydrogen-bond acceptors (Lipinski definition) is 6. The van der Waals surface area contributed by atoms with Crippen LogP contribution in [0, 0.1) is 0 Å². The standard InChI is InChI=1S/C25H19F2N5O4/c1-35-25(34)30-24-28-18-8-7-14(12-20(18)29-24)17-10-13(6-9-21(17)36-23(26)27)11-19-15-4-2-3-5-16(15)22(33)32-31-19/h2-10,12,23H,11H2,1H3,(H,32,33)(H2,28,29,30,34). The van der Waals surface area contributed by atoms with Crippen LogP contribution < -0.4 is 15.6 Å². The molecule has 0 saturated heterocycles. The summed E-state index contributed by atoms with van der Waals surface area (Å²) >= 11 is 0. The number of imidazole rings is 1. The fourth-order valence-corrected chi connectivity index (χ4v) is 3.99. The van der Waals surface area contributed by atoms with Gasteiger partial charge in [-0.1, -0.05) is 30.3 Å². The summed E-state index contributed by atoms with van der Waals surface area (Å²) in [6, 6.07) is 17.1. The second-order valence-corrected chi connectivity index (χ2v) is 7.86. The van der Waals surface area contributed by atoms with Crippen molar-refractivity contribution in [2.45, 2.75) is 13.0 Å². The molecule has 9 nitrogen and oxygen atoms in total. The van der Waals surface area contributed by atoms with Crippen molar-refractivity contribution in [1.82, 2.24) is 20.2 Å². The Kier molecular flexibility index (Phi) is 6.03. The number of ether oxygens (including phenoxy) is 2. The highest BCUT2D eigenvalue weighted by molar-refractivity contribution is 5.89. The number of amides is 1. The molecule has 11 heteroatoms. The van der Waals surface area contributed by atoms with E-state index in [9.17, 15) is 18.4 Å². The van der Waals surface area contributed by atoms with E-state index in [4.69, 9.17) is 4.74 Å². The van der Waals surface area contributed by atoms with Gasteiger partial charge >= 0.3 is 12.7 Å². The third-order valence-electron chi connectivity index (χ3n) is 5.61. The molecule has 1 amide bonds. The molecule has 0 aliphatic heterocycles. The molecule has 0 bridgehead atoms. The Bertz CT molecular complexity index is 1650. The van der Waals surface area contributed by atoms with Crippen LogP contribution in [0.2, 0.25) is 0 Å². The van der Waals surface area contributed by atoms with Gasteiger partial charge in [-0.05, 0) is 41.5 Å². The Morgan fingerprint density at radius 3 is 2.67 bits per heavy atom. The molecule has 0 aliphatic carbocycles. The number of aromatic amines is 2. The van der Waals surface area contributed by atoms with Gasteiger partial charge in [0.05, 0.1) is 29.2 Å². The summed E-state index contributed by atoms with van der Waals surface area (Å²) in [5.41, 5.74) is 3.25. The van der Waals surface area contributed by atoms with Gasteiger partial charge in [0.25, 0.3) is 5.56 Å². The lowest BCUT2D eigenvalue weighted by Crippen LogP contribution is -2.11. The number of rotatable bonds is 6. The first-order valence-corrected chi connectivity index (χ1v) is 10.8. The van der Waals surface area contributed by atoms with E-state index < -0.39 is 12.7 Å². The molecule has 5 aromatic rings. The summed E-state index contributed by atoms with van der Waals surface area (Å²) in [5, 5.41) is 10.4. The van der Waals surface area contributed by atoms with Gasteiger partial charge in [0, 0.05) is 17.4 Å². The van der Waals surface area contributed by atoms with Crippen molar-refractivity contribution in [3.05, 3.63) is 82.3 Å². The van der Waals surface area contributed by atoms with Crippen LogP contribution in [0.15, 0.2) is 65.5 Å². The smallest absolute Gasteiger partial charge is 0.413 e. The molecule has 2 aromatic heterocycles. The van der Waals surface area contributed by atoms with E-state index in [1.54, 1.807) is 42.5 Å². The number of nitrogens with one attached hydrogen (secondary N) is 3. The van der Waals surface area contributed by atoms with Gasteiger partial charge in [-0.3, -0.25) is 10.1 Å². The minimum Gasteiger partial charge on any atom is -0.453 e. The Balaban J connectivity index is 1.55. The molecular weight excluding hydrogens is 472 g/mol. The second-order valence-electron chi connectivity index (χ2n) is 7.86. The van der Waals surface area contributed by atoms with Gasteiger partial charge in [-0.15, -0.1) is 0 Å². The van der Waals surface area contributed by atoms with Crippen molar-refractivity contribution in [3.63, 3.8) is 0 Å². The monoisotopic (exact) mass is 491 g/mol. The van der Waals surface area contributed by atoms with Crippen molar-refractivity contribution in [3.8, 4) is 16.9 Å². The SMILES string of the molecule is COC(=O)Nc1nc2cc(-c3cc(Cc4n[nH]c(=O)c5ccccc45)ccc3OC(F)F)ccc2[nH]1. The molecule has 3 N–H and O–H groups in total. The maximum absolute atomic E-state index is 13.2. The average molecular weight is 491 g/mol. The quantitative estimate of drug-likeness (QED) is 0.313. The third-order valence-corrected chi connectivity index (χ3v) is 5.61. The van der Waals surface area contributed by atoms with Crippen molar-refractivity contribution < 1.29 is 23.0 Å². The van der Waals surface area contributed by atoms with Crippen molar-refractivity contribution in [2.24, 2.45) is 0 Å². The number of carbonyl (C=O) groups is 1. The zero-order chi connectivity index (χ0) is 25.2. The predicted molar refractivity (Wildman–Crippen MR) is 129 cm³/mol. The minimum absolute atomic E-state index is 0.00386. The number of benzene rings is 3. The predicted octanol–water partition coefficient (Wildman–Crippen LogP) is 4.84. The molecule has 2 heterocycles. The number of nitrogens with zero attached hydrogens (tertiary/aromatic N) is 2. The zero-order valence-corrected chi connectivity index (χ0v) is 18.8. The third kappa shape index (κ3) is 4.58. The number of methoxy groups -OCH3 is 1. The van der Waals surface area contributed by atoms with Crippen LogP contribution >= 0.6 is 0 Å². The number of H-pyrrole nitrogens is 2. The fraction of sp³-hybridized carbons (Fsp3) is 0.120. The van der Waals surface area contributed by atoms with Crippen LogP contribution in [-0.4, -0.2) is 40.0 Å². The number of halogens is 2. The Morgan fingerprint density at radius 2 is 1.89 bits per heavy atom. The molecule has 3 aromatic carbocycles. The molecule has 0 spiro atoms. The first-order valence-electron chi connectivity index (χ1n) is 10.8. The molecule has 36 heavy (non-hydrogen) atoms. The summed E-state index contributed by atoms with van der Waals surface area (Å²) in [5.74, 6) is 0.179. The number of hydrogen-bond donors (Lipinski definition) is 3. The molecule has 0 unspecified atom stereocenters. The lowest BCUT2D eigenvalue weighted by atomic mass is 9.98. The summed E-state index contributed by atoms with van der Waals surface area (Å²) in [6.45, 7) is -3.01. The Hall–Kier alpha value is -4.80. The van der Waals surface area contributed by atoms with E-state index in [1.807, 2.05) is 12.1 Å².